The monoisotopic (exact) mass is 400 g/mol. The van der Waals surface area contributed by atoms with E-state index in [1.54, 1.807) is 49.4 Å². The minimum atomic E-state index is -3.59. The third kappa shape index (κ3) is 4.26. The van der Waals surface area contributed by atoms with Gasteiger partial charge < -0.3 is 5.32 Å². The molecule has 0 amide bonds. The van der Waals surface area contributed by atoms with E-state index in [2.05, 4.69) is 15.0 Å². The van der Waals surface area contributed by atoms with Crippen LogP contribution in [-0.2, 0) is 10.0 Å². The predicted molar refractivity (Wildman–Crippen MR) is 108 cm³/mol. The molecule has 0 radical (unpaired) electrons. The molecule has 8 nitrogen and oxygen atoms in total. The smallest absolute Gasteiger partial charge is 0.295 e. The molecule has 28 heavy (non-hydrogen) atoms. The van der Waals surface area contributed by atoms with Crippen molar-refractivity contribution in [2.24, 2.45) is 0 Å². The van der Waals surface area contributed by atoms with E-state index in [0.29, 0.717) is 28.8 Å². The van der Waals surface area contributed by atoms with Crippen molar-refractivity contribution in [2.45, 2.75) is 18.7 Å². The Bertz CT molecular complexity index is 1130. The molecule has 0 aliphatic carbocycles. The summed E-state index contributed by atoms with van der Waals surface area (Å²) in [5, 5.41) is 15.0. The zero-order valence-corrected chi connectivity index (χ0v) is 16.3. The van der Waals surface area contributed by atoms with Gasteiger partial charge in [0.05, 0.1) is 9.82 Å². The van der Waals surface area contributed by atoms with E-state index >= 15 is 0 Å². The lowest BCUT2D eigenvalue weighted by atomic mass is 10.1. The number of hydrogen-bond acceptors (Lipinski definition) is 6. The molecule has 0 saturated heterocycles. The van der Waals surface area contributed by atoms with Gasteiger partial charge >= 0.3 is 0 Å². The molecule has 1 aromatic heterocycles. The van der Waals surface area contributed by atoms with Gasteiger partial charge in [-0.15, -0.1) is 0 Å². The number of nitrogens with zero attached hydrogens (tertiary/aromatic N) is 2. The molecule has 0 spiro atoms. The van der Waals surface area contributed by atoms with E-state index in [-0.39, 0.29) is 17.1 Å². The van der Waals surface area contributed by atoms with Gasteiger partial charge in [0.25, 0.3) is 5.69 Å². The number of nitro benzene ring substituents is 1. The van der Waals surface area contributed by atoms with Crippen LogP contribution in [-0.4, -0.2) is 31.4 Å². The lowest BCUT2D eigenvalue weighted by Crippen LogP contribution is -2.29. The Hall–Kier alpha value is -3.04. The molecule has 0 fully saturated rings. The van der Waals surface area contributed by atoms with Crippen LogP contribution in [0.2, 0.25) is 0 Å². The van der Waals surface area contributed by atoms with Crippen LogP contribution < -0.4 is 10.0 Å². The summed E-state index contributed by atoms with van der Waals surface area (Å²) in [6, 6.07) is 13.1. The highest BCUT2D eigenvalue weighted by Crippen LogP contribution is 2.29. The van der Waals surface area contributed by atoms with Gasteiger partial charge in [0.2, 0.25) is 10.0 Å². The molecule has 2 aromatic carbocycles. The number of nitrogens with one attached hydrogen (secondary N) is 2. The summed E-state index contributed by atoms with van der Waals surface area (Å²) >= 11 is 0. The first-order valence-corrected chi connectivity index (χ1v) is 10.1. The Morgan fingerprint density at radius 3 is 2.46 bits per heavy atom. The minimum absolute atomic E-state index is 0.0654. The number of nitro groups is 1. The van der Waals surface area contributed by atoms with Crippen molar-refractivity contribution >= 4 is 32.3 Å². The summed E-state index contributed by atoms with van der Waals surface area (Å²) in [6.07, 6.45) is 0. The quantitative estimate of drug-likeness (QED) is 0.358. The number of benzene rings is 2. The first kappa shape index (κ1) is 19.7. The first-order chi connectivity index (χ1) is 13.3. The van der Waals surface area contributed by atoms with E-state index in [0.717, 1.165) is 5.56 Å². The number of hydrogen-bond donors (Lipinski definition) is 2. The average molecular weight is 400 g/mol. The molecule has 9 heteroatoms. The zero-order valence-electron chi connectivity index (χ0n) is 15.5. The standard InChI is InChI=1S/C19H20N4O4S/c1-13-6-8-15(9-7-13)28(26,27)21-11-10-20-17-12-14(2)22-19-16(17)4-3-5-18(19)23(24)25/h3-9,12,21H,10-11H2,1-2H3,(H,20,22). The number of pyridine rings is 1. The number of sulfonamides is 1. The summed E-state index contributed by atoms with van der Waals surface area (Å²) in [6.45, 7) is 4.11. The Kier molecular flexibility index (Phi) is 5.57. The molecule has 0 aliphatic heterocycles. The van der Waals surface area contributed by atoms with Crippen LogP contribution in [0.15, 0.2) is 53.4 Å². The highest BCUT2D eigenvalue weighted by molar-refractivity contribution is 7.89. The molecule has 3 rings (SSSR count). The highest BCUT2D eigenvalue weighted by Gasteiger charge is 2.16. The molecule has 0 saturated carbocycles. The number of non-ortho nitro benzene ring substituents is 1. The molecule has 0 atom stereocenters. The van der Waals surface area contributed by atoms with Gasteiger partial charge in [-0.3, -0.25) is 10.1 Å². The third-order valence-electron chi connectivity index (χ3n) is 4.21. The van der Waals surface area contributed by atoms with E-state index < -0.39 is 14.9 Å². The Balaban J connectivity index is 1.73. The fourth-order valence-electron chi connectivity index (χ4n) is 2.84. The van der Waals surface area contributed by atoms with Crippen LogP contribution in [0.1, 0.15) is 11.3 Å². The summed E-state index contributed by atoms with van der Waals surface area (Å²) in [7, 11) is -3.59. The number of anilines is 1. The Morgan fingerprint density at radius 2 is 1.79 bits per heavy atom. The second-order valence-electron chi connectivity index (χ2n) is 6.38. The van der Waals surface area contributed by atoms with Crippen LogP contribution in [0.5, 0.6) is 0 Å². The van der Waals surface area contributed by atoms with Gasteiger partial charge in [0, 0.05) is 35.9 Å². The van der Waals surface area contributed by atoms with Crippen LogP contribution in [0.25, 0.3) is 10.9 Å². The van der Waals surface area contributed by atoms with E-state index in [1.165, 1.54) is 6.07 Å². The van der Waals surface area contributed by atoms with Crippen molar-refractivity contribution in [3.8, 4) is 0 Å². The van der Waals surface area contributed by atoms with Gasteiger partial charge in [0.1, 0.15) is 0 Å². The normalized spacial score (nSPS) is 11.5. The van der Waals surface area contributed by atoms with Crippen molar-refractivity contribution < 1.29 is 13.3 Å². The molecule has 146 valence electrons. The van der Waals surface area contributed by atoms with Crippen LogP contribution in [0, 0.1) is 24.0 Å². The zero-order chi connectivity index (χ0) is 20.3. The molecular formula is C19H20N4O4S. The van der Waals surface area contributed by atoms with Gasteiger partial charge in [0.15, 0.2) is 5.52 Å². The maximum atomic E-state index is 12.3. The number of aromatic nitrogens is 1. The summed E-state index contributed by atoms with van der Waals surface area (Å²) in [5.41, 5.74) is 2.51. The molecule has 0 unspecified atom stereocenters. The number of para-hydroxylation sites is 1. The second-order valence-corrected chi connectivity index (χ2v) is 8.15. The fourth-order valence-corrected chi connectivity index (χ4v) is 3.87. The average Bonchev–Trinajstić information content (AvgIpc) is 2.64. The molecular weight excluding hydrogens is 380 g/mol. The third-order valence-corrected chi connectivity index (χ3v) is 5.68. The first-order valence-electron chi connectivity index (χ1n) is 8.63. The van der Waals surface area contributed by atoms with Crippen LogP contribution >= 0.6 is 0 Å². The number of fused-ring (bicyclic) bond motifs is 1. The summed E-state index contributed by atoms with van der Waals surface area (Å²) in [4.78, 5) is 15.3. The second kappa shape index (κ2) is 7.91. The van der Waals surface area contributed by atoms with Crippen molar-refractivity contribution in [3.05, 3.63) is 69.9 Å². The van der Waals surface area contributed by atoms with Crippen molar-refractivity contribution in [3.63, 3.8) is 0 Å². The molecule has 0 aliphatic rings. The van der Waals surface area contributed by atoms with Crippen LogP contribution in [0.4, 0.5) is 11.4 Å². The lowest BCUT2D eigenvalue weighted by molar-refractivity contribution is -0.383. The van der Waals surface area contributed by atoms with Crippen LogP contribution in [0.3, 0.4) is 0 Å². The molecule has 2 N–H and O–H groups in total. The van der Waals surface area contributed by atoms with E-state index in [1.807, 2.05) is 6.92 Å². The Morgan fingerprint density at radius 1 is 1.07 bits per heavy atom. The van der Waals surface area contributed by atoms with Gasteiger partial charge in [-0.25, -0.2) is 18.1 Å². The summed E-state index contributed by atoms with van der Waals surface area (Å²) in [5.74, 6) is 0. The largest absolute Gasteiger partial charge is 0.383 e. The predicted octanol–water partition coefficient (Wildman–Crippen LogP) is 3.15. The molecule has 3 aromatic rings. The van der Waals surface area contributed by atoms with E-state index in [4.69, 9.17) is 0 Å². The maximum Gasteiger partial charge on any atom is 0.295 e. The molecule has 1 heterocycles. The van der Waals surface area contributed by atoms with E-state index in [9.17, 15) is 18.5 Å². The van der Waals surface area contributed by atoms with Crippen molar-refractivity contribution in [1.29, 1.82) is 0 Å². The lowest BCUT2D eigenvalue weighted by Gasteiger charge is -2.12. The minimum Gasteiger partial charge on any atom is -0.383 e. The Labute approximate surface area is 162 Å². The van der Waals surface area contributed by atoms with Gasteiger partial charge in [-0.2, -0.15) is 0 Å². The molecule has 0 bridgehead atoms. The number of aryl methyl sites for hydroxylation is 2. The van der Waals surface area contributed by atoms with Gasteiger partial charge in [-0.1, -0.05) is 29.8 Å². The maximum absolute atomic E-state index is 12.3. The van der Waals surface area contributed by atoms with Crippen molar-refractivity contribution in [1.82, 2.24) is 9.71 Å². The number of rotatable bonds is 7. The SMILES string of the molecule is Cc1ccc(S(=O)(=O)NCCNc2cc(C)nc3c([N+](=O)[O-])cccc23)cc1. The van der Waals surface area contributed by atoms with Crippen molar-refractivity contribution in [2.75, 3.05) is 18.4 Å². The topological polar surface area (TPSA) is 114 Å². The highest BCUT2D eigenvalue weighted by atomic mass is 32.2. The van der Waals surface area contributed by atoms with Gasteiger partial charge in [-0.05, 0) is 32.0 Å². The summed E-state index contributed by atoms with van der Waals surface area (Å²) < 4.78 is 27.2. The fraction of sp³-hybridized carbons (Fsp3) is 0.211.